The molecule has 0 saturated carbocycles. The van der Waals surface area contributed by atoms with E-state index in [-0.39, 0.29) is 18.7 Å². The van der Waals surface area contributed by atoms with E-state index < -0.39 is 47.6 Å². The number of nitrogens with one attached hydrogen (secondary N) is 2. The zero-order valence-electron chi connectivity index (χ0n) is 25.2. The van der Waals surface area contributed by atoms with Gasteiger partial charge in [-0.2, -0.15) is 0 Å². The van der Waals surface area contributed by atoms with Crippen LogP contribution >= 0.6 is 0 Å². The molecule has 10 nitrogen and oxygen atoms in total. The van der Waals surface area contributed by atoms with E-state index in [1.165, 1.54) is 24.1 Å². The van der Waals surface area contributed by atoms with Crippen molar-refractivity contribution in [2.45, 2.75) is 85.0 Å². The van der Waals surface area contributed by atoms with Gasteiger partial charge in [0, 0.05) is 12.5 Å². The molecule has 0 aromatic heterocycles. The molecule has 3 amide bonds. The second-order valence-corrected chi connectivity index (χ2v) is 11.1. The van der Waals surface area contributed by atoms with Crippen LogP contribution in [0.15, 0.2) is 42.5 Å². The Balaban J connectivity index is 2.65. The highest BCUT2D eigenvalue weighted by molar-refractivity contribution is 5.94. The summed E-state index contributed by atoms with van der Waals surface area (Å²) in [6.45, 7) is 12.2. The minimum Gasteiger partial charge on any atom is -0.508 e. The molecule has 224 valence electrons. The van der Waals surface area contributed by atoms with Crippen molar-refractivity contribution >= 4 is 23.9 Å². The number of aryl methyl sites for hydroxylation is 2. The highest BCUT2D eigenvalue weighted by atomic mass is 16.6. The van der Waals surface area contributed by atoms with Gasteiger partial charge < -0.3 is 30.1 Å². The summed E-state index contributed by atoms with van der Waals surface area (Å²) in [6, 6.07) is 9.24. The minimum absolute atomic E-state index is 0.0651. The van der Waals surface area contributed by atoms with Crippen molar-refractivity contribution in [1.82, 2.24) is 15.5 Å². The van der Waals surface area contributed by atoms with Crippen molar-refractivity contribution < 1.29 is 33.8 Å². The lowest BCUT2D eigenvalue weighted by atomic mass is 9.92. The second kappa shape index (κ2) is 14.5. The molecule has 0 aliphatic heterocycles. The third-order valence-electron chi connectivity index (χ3n) is 6.66. The summed E-state index contributed by atoms with van der Waals surface area (Å²) in [5.41, 5.74) is 2.09. The standard InChI is InChI=1S/C31H43N3O7/c1-9-21(4)34(27(28(37)32-18-25(36)40-8)26-19(2)11-10-12-20(26)3)29(38)24(33-30(39)41-31(5,6)7)17-22-13-15-23(35)16-14-22/h10-16,21,24,27,35H,9,17-18H2,1-8H3,(H,32,37)(H,33,39). The molecule has 0 bridgehead atoms. The first-order valence-corrected chi connectivity index (χ1v) is 13.7. The van der Waals surface area contributed by atoms with E-state index in [1.807, 2.05) is 45.9 Å². The van der Waals surface area contributed by atoms with Crippen LogP contribution in [-0.2, 0) is 30.3 Å². The lowest BCUT2D eigenvalue weighted by Crippen LogP contribution is -2.56. The zero-order chi connectivity index (χ0) is 30.9. The van der Waals surface area contributed by atoms with Gasteiger partial charge in [0.2, 0.25) is 11.8 Å². The zero-order valence-corrected chi connectivity index (χ0v) is 25.2. The number of esters is 1. The molecule has 0 radical (unpaired) electrons. The summed E-state index contributed by atoms with van der Waals surface area (Å²) < 4.78 is 10.2. The molecule has 41 heavy (non-hydrogen) atoms. The Morgan fingerprint density at radius 1 is 1.00 bits per heavy atom. The Labute approximate surface area is 242 Å². The maximum Gasteiger partial charge on any atom is 0.408 e. The smallest absolute Gasteiger partial charge is 0.408 e. The van der Waals surface area contributed by atoms with E-state index in [1.54, 1.807) is 32.9 Å². The van der Waals surface area contributed by atoms with E-state index in [2.05, 4.69) is 10.6 Å². The van der Waals surface area contributed by atoms with E-state index in [4.69, 9.17) is 9.47 Å². The van der Waals surface area contributed by atoms with E-state index in [0.29, 0.717) is 17.5 Å². The highest BCUT2D eigenvalue weighted by Gasteiger charge is 2.39. The van der Waals surface area contributed by atoms with Crippen LogP contribution in [0.2, 0.25) is 0 Å². The SMILES string of the molecule is CCC(C)N(C(=O)C(Cc1ccc(O)cc1)NC(=O)OC(C)(C)C)C(C(=O)NCC(=O)OC)c1c(C)cccc1C. The van der Waals surface area contributed by atoms with Gasteiger partial charge in [-0.1, -0.05) is 37.3 Å². The number of methoxy groups -OCH3 is 1. The van der Waals surface area contributed by atoms with Gasteiger partial charge in [0.1, 0.15) is 30.0 Å². The van der Waals surface area contributed by atoms with Gasteiger partial charge in [-0.3, -0.25) is 14.4 Å². The van der Waals surface area contributed by atoms with Gasteiger partial charge in [-0.15, -0.1) is 0 Å². The molecule has 0 heterocycles. The predicted molar refractivity (Wildman–Crippen MR) is 155 cm³/mol. The first-order valence-electron chi connectivity index (χ1n) is 13.7. The average Bonchev–Trinajstić information content (AvgIpc) is 2.90. The minimum atomic E-state index is -1.11. The molecule has 0 saturated heterocycles. The fraction of sp³-hybridized carbons (Fsp3) is 0.484. The second-order valence-electron chi connectivity index (χ2n) is 11.1. The maximum absolute atomic E-state index is 14.5. The molecular formula is C31H43N3O7. The molecule has 3 unspecified atom stereocenters. The van der Waals surface area contributed by atoms with Gasteiger partial charge in [-0.05, 0) is 82.3 Å². The monoisotopic (exact) mass is 569 g/mol. The van der Waals surface area contributed by atoms with Gasteiger partial charge in [0.05, 0.1) is 7.11 Å². The van der Waals surface area contributed by atoms with Gasteiger partial charge in [0.25, 0.3) is 0 Å². The number of phenols is 1. The molecule has 0 spiro atoms. The number of nitrogens with zero attached hydrogens (tertiary/aromatic N) is 1. The van der Waals surface area contributed by atoms with Crippen molar-refractivity contribution in [2.24, 2.45) is 0 Å². The number of benzene rings is 2. The predicted octanol–water partition coefficient (Wildman–Crippen LogP) is 4.10. The molecular weight excluding hydrogens is 526 g/mol. The van der Waals surface area contributed by atoms with Crippen LogP contribution in [-0.4, -0.2) is 65.2 Å². The van der Waals surface area contributed by atoms with Gasteiger partial charge in [-0.25, -0.2) is 4.79 Å². The van der Waals surface area contributed by atoms with Crippen LogP contribution in [0.25, 0.3) is 0 Å². The lowest BCUT2D eigenvalue weighted by Gasteiger charge is -2.39. The number of hydrogen-bond donors (Lipinski definition) is 3. The number of rotatable bonds is 11. The Morgan fingerprint density at radius 2 is 1.59 bits per heavy atom. The largest absolute Gasteiger partial charge is 0.508 e. The van der Waals surface area contributed by atoms with Crippen LogP contribution in [0.1, 0.15) is 69.3 Å². The van der Waals surface area contributed by atoms with Crippen LogP contribution in [0.4, 0.5) is 4.79 Å². The number of carbonyl (C=O) groups is 4. The van der Waals surface area contributed by atoms with Crippen molar-refractivity contribution in [1.29, 1.82) is 0 Å². The van der Waals surface area contributed by atoms with Crippen LogP contribution in [0.3, 0.4) is 0 Å². The summed E-state index contributed by atoms with van der Waals surface area (Å²) in [4.78, 5) is 54.5. The number of alkyl carbamates (subject to hydrolysis) is 1. The Morgan fingerprint density at radius 3 is 2.10 bits per heavy atom. The fourth-order valence-corrected chi connectivity index (χ4v) is 4.48. The number of amides is 3. The molecule has 2 aromatic carbocycles. The Hall–Kier alpha value is -4.08. The summed E-state index contributed by atoms with van der Waals surface area (Å²) in [6.07, 6.45) is -0.192. The van der Waals surface area contributed by atoms with Gasteiger partial charge >= 0.3 is 12.1 Å². The Bertz CT molecular complexity index is 1200. The number of aromatic hydroxyl groups is 1. The molecule has 0 aliphatic carbocycles. The summed E-state index contributed by atoms with van der Waals surface area (Å²) >= 11 is 0. The fourth-order valence-electron chi connectivity index (χ4n) is 4.48. The molecule has 3 atom stereocenters. The molecule has 2 rings (SSSR count). The van der Waals surface area contributed by atoms with E-state index in [9.17, 15) is 24.3 Å². The maximum atomic E-state index is 14.5. The third kappa shape index (κ3) is 9.51. The van der Waals surface area contributed by atoms with Crippen LogP contribution < -0.4 is 10.6 Å². The number of carbonyl (C=O) groups excluding carboxylic acids is 4. The quantitative estimate of drug-likeness (QED) is 0.347. The summed E-state index contributed by atoms with van der Waals surface area (Å²) in [7, 11) is 1.22. The van der Waals surface area contributed by atoms with E-state index in [0.717, 1.165) is 11.1 Å². The van der Waals surface area contributed by atoms with Crippen molar-refractivity contribution in [2.75, 3.05) is 13.7 Å². The van der Waals surface area contributed by atoms with Crippen LogP contribution in [0, 0.1) is 13.8 Å². The van der Waals surface area contributed by atoms with Crippen molar-refractivity contribution in [3.63, 3.8) is 0 Å². The van der Waals surface area contributed by atoms with E-state index >= 15 is 0 Å². The first-order chi connectivity index (χ1) is 19.2. The topological polar surface area (TPSA) is 134 Å². The molecule has 0 aliphatic rings. The summed E-state index contributed by atoms with van der Waals surface area (Å²) in [5, 5.41) is 15.1. The molecule has 2 aromatic rings. The average molecular weight is 570 g/mol. The number of ether oxygens (including phenoxy) is 2. The third-order valence-corrected chi connectivity index (χ3v) is 6.66. The summed E-state index contributed by atoms with van der Waals surface area (Å²) in [5.74, 6) is -1.62. The lowest BCUT2D eigenvalue weighted by molar-refractivity contribution is -0.146. The molecule has 10 heteroatoms. The number of phenolic OH excluding ortho intramolecular Hbond substituents is 1. The highest BCUT2D eigenvalue weighted by Crippen LogP contribution is 2.31. The van der Waals surface area contributed by atoms with Gasteiger partial charge in [0.15, 0.2) is 0 Å². The normalized spacial score (nSPS) is 13.4. The first kappa shape index (κ1) is 33.1. The van der Waals surface area contributed by atoms with Crippen molar-refractivity contribution in [3.05, 3.63) is 64.7 Å². The van der Waals surface area contributed by atoms with Crippen LogP contribution in [0.5, 0.6) is 5.75 Å². The number of hydrogen-bond acceptors (Lipinski definition) is 7. The Kier molecular flexibility index (Phi) is 11.7. The molecule has 0 fully saturated rings. The van der Waals surface area contributed by atoms with Crippen molar-refractivity contribution in [3.8, 4) is 5.75 Å². The molecule has 3 N–H and O–H groups in total.